The maximum atomic E-state index is 8.94. The third-order valence-corrected chi connectivity index (χ3v) is 2.57. The van der Waals surface area contributed by atoms with Crippen LogP contribution >= 0.6 is 0 Å². The van der Waals surface area contributed by atoms with E-state index in [0.29, 0.717) is 17.3 Å². The van der Waals surface area contributed by atoms with Gasteiger partial charge in [0, 0.05) is 0 Å². The van der Waals surface area contributed by atoms with Gasteiger partial charge in [-0.15, -0.1) is 0 Å². The van der Waals surface area contributed by atoms with Crippen molar-refractivity contribution in [3.8, 4) is 0 Å². The first-order chi connectivity index (χ1) is 7.91. The molecular weight excluding hydrogens is 220 g/mol. The molecule has 1 rings (SSSR count). The van der Waals surface area contributed by atoms with Gasteiger partial charge < -0.3 is 19.4 Å². The fourth-order valence-corrected chi connectivity index (χ4v) is 1.27. The Morgan fingerprint density at radius 1 is 1.35 bits per heavy atom. The smallest absolute Gasteiger partial charge is 0.129 e. The van der Waals surface area contributed by atoms with Crippen LogP contribution < -0.4 is 0 Å². The number of furan rings is 1. The Morgan fingerprint density at radius 2 is 2.00 bits per heavy atom. The highest BCUT2D eigenvalue weighted by Crippen LogP contribution is 2.33. The van der Waals surface area contributed by atoms with Crippen LogP contribution in [0.25, 0.3) is 0 Å². The Balaban J connectivity index is 2.86. The molecule has 0 atom stereocenters. The van der Waals surface area contributed by atoms with Gasteiger partial charge in [-0.3, -0.25) is 0 Å². The zero-order valence-electron chi connectivity index (χ0n) is 10.2. The van der Waals surface area contributed by atoms with Crippen molar-refractivity contribution in [2.24, 2.45) is 0 Å². The minimum atomic E-state index is -0.564. The number of hydrogen-bond acceptors (Lipinski definition) is 4. The number of allylic oxidation sites excluding steroid dienone is 1. The van der Waals surface area contributed by atoms with Crippen molar-refractivity contribution in [1.29, 1.82) is 0 Å². The van der Waals surface area contributed by atoms with E-state index in [1.807, 2.05) is 13.8 Å². The molecule has 0 saturated heterocycles. The van der Waals surface area contributed by atoms with Crippen molar-refractivity contribution in [2.45, 2.75) is 25.9 Å². The molecule has 4 nitrogen and oxygen atoms in total. The van der Waals surface area contributed by atoms with Crippen LogP contribution in [0.3, 0.4) is 0 Å². The van der Waals surface area contributed by atoms with E-state index in [1.54, 1.807) is 12.1 Å². The predicted molar refractivity (Wildman–Crippen MR) is 64.1 cm³/mol. The summed E-state index contributed by atoms with van der Waals surface area (Å²) in [5.74, 6) is 1.78. The van der Waals surface area contributed by atoms with E-state index in [9.17, 15) is 0 Å². The molecule has 0 unspecified atom stereocenters. The average molecular weight is 238 g/mol. The third-order valence-electron chi connectivity index (χ3n) is 2.57. The molecule has 0 aromatic carbocycles. The molecule has 0 fully saturated rings. The summed E-state index contributed by atoms with van der Waals surface area (Å²) in [5, 5.41) is 17.8. The summed E-state index contributed by atoms with van der Waals surface area (Å²) in [7, 11) is 0. The van der Waals surface area contributed by atoms with E-state index < -0.39 is 5.41 Å². The quantitative estimate of drug-likeness (QED) is 0.745. The SMILES string of the molecule is C=C(CO)OC(=C)C(C)(C)c1ccc(CO)o1. The topological polar surface area (TPSA) is 62.8 Å². The number of aliphatic hydroxyl groups is 2. The molecule has 0 aliphatic carbocycles. The maximum absolute atomic E-state index is 8.94. The van der Waals surface area contributed by atoms with Gasteiger partial charge in [0.2, 0.25) is 0 Å². The highest BCUT2D eigenvalue weighted by Gasteiger charge is 2.30. The third kappa shape index (κ3) is 2.99. The first-order valence-electron chi connectivity index (χ1n) is 5.27. The molecule has 17 heavy (non-hydrogen) atoms. The molecule has 0 bridgehead atoms. The van der Waals surface area contributed by atoms with Crippen molar-refractivity contribution in [1.82, 2.24) is 0 Å². The first-order valence-corrected chi connectivity index (χ1v) is 5.27. The molecule has 0 amide bonds. The van der Waals surface area contributed by atoms with E-state index in [1.165, 1.54) is 0 Å². The minimum absolute atomic E-state index is 0.146. The highest BCUT2D eigenvalue weighted by atomic mass is 16.5. The summed E-state index contributed by atoms with van der Waals surface area (Å²) in [5.41, 5.74) is -0.564. The first kappa shape index (κ1) is 13.5. The van der Waals surface area contributed by atoms with Gasteiger partial charge in [-0.05, 0) is 26.0 Å². The molecule has 94 valence electrons. The molecule has 1 aromatic rings. The number of ether oxygens (including phenoxy) is 1. The van der Waals surface area contributed by atoms with Crippen molar-refractivity contribution >= 4 is 0 Å². The van der Waals surface area contributed by atoms with E-state index in [2.05, 4.69) is 13.2 Å². The van der Waals surface area contributed by atoms with Crippen LogP contribution in [0.15, 0.2) is 41.2 Å². The summed E-state index contributed by atoms with van der Waals surface area (Å²) in [6, 6.07) is 3.47. The second kappa shape index (κ2) is 5.21. The van der Waals surface area contributed by atoms with Gasteiger partial charge in [0.05, 0.1) is 5.41 Å². The van der Waals surface area contributed by atoms with Crippen LogP contribution in [-0.4, -0.2) is 16.8 Å². The van der Waals surface area contributed by atoms with Crippen LogP contribution in [0.1, 0.15) is 25.4 Å². The zero-order valence-corrected chi connectivity index (χ0v) is 10.2. The van der Waals surface area contributed by atoms with Crippen LogP contribution in [0.2, 0.25) is 0 Å². The van der Waals surface area contributed by atoms with Crippen LogP contribution in [0, 0.1) is 0 Å². The van der Waals surface area contributed by atoms with E-state index in [0.717, 1.165) is 0 Å². The van der Waals surface area contributed by atoms with E-state index >= 15 is 0 Å². The summed E-state index contributed by atoms with van der Waals surface area (Å²) >= 11 is 0. The van der Waals surface area contributed by atoms with Crippen LogP contribution in [0.4, 0.5) is 0 Å². The molecule has 1 aromatic heterocycles. The fraction of sp³-hybridized carbons (Fsp3) is 0.385. The number of aliphatic hydroxyl groups excluding tert-OH is 2. The lowest BCUT2D eigenvalue weighted by Gasteiger charge is -2.25. The lowest BCUT2D eigenvalue weighted by atomic mass is 9.88. The normalized spacial score (nSPS) is 11.3. The Labute approximate surface area is 101 Å². The average Bonchev–Trinajstić information content (AvgIpc) is 2.77. The van der Waals surface area contributed by atoms with Crippen LogP contribution in [0.5, 0.6) is 0 Å². The Hall–Kier alpha value is -1.52. The second-order valence-corrected chi connectivity index (χ2v) is 4.27. The summed E-state index contributed by atoms with van der Waals surface area (Å²) < 4.78 is 10.8. The zero-order chi connectivity index (χ0) is 13.1. The second-order valence-electron chi connectivity index (χ2n) is 4.27. The molecule has 4 heteroatoms. The molecule has 1 heterocycles. The standard InChI is InChI=1S/C13H18O4/c1-9(7-14)16-10(2)13(3,4)12-6-5-11(8-15)17-12/h5-6,14-15H,1-2,7-8H2,3-4H3. The molecule has 0 aliphatic rings. The maximum Gasteiger partial charge on any atom is 0.129 e. The summed E-state index contributed by atoms with van der Waals surface area (Å²) in [6.07, 6.45) is 0. The monoisotopic (exact) mass is 238 g/mol. The predicted octanol–water partition coefficient (Wildman–Crippen LogP) is 2.09. The molecule has 0 spiro atoms. The van der Waals surface area contributed by atoms with Gasteiger partial charge >= 0.3 is 0 Å². The summed E-state index contributed by atoms with van der Waals surface area (Å²) in [6.45, 7) is 10.7. The van der Waals surface area contributed by atoms with Gasteiger partial charge in [-0.25, -0.2) is 0 Å². The van der Waals surface area contributed by atoms with Gasteiger partial charge in [0.15, 0.2) is 0 Å². The van der Waals surface area contributed by atoms with E-state index in [-0.39, 0.29) is 19.0 Å². The molecular formula is C13H18O4. The highest BCUT2D eigenvalue weighted by molar-refractivity contribution is 5.24. The van der Waals surface area contributed by atoms with E-state index in [4.69, 9.17) is 19.4 Å². The Kier molecular flexibility index (Phi) is 4.15. The molecule has 2 N–H and O–H groups in total. The lowest BCUT2D eigenvalue weighted by Crippen LogP contribution is -2.21. The Bertz CT molecular complexity index is 415. The lowest BCUT2D eigenvalue weighted by molar-refractivity contribution is 0.179. The fourth-order valence-electron chi connectivity index (χ4n) is 1.27. The largest absolute Gasteiger partial charge is 0.464 e. The number of hydrogen-bond donors (Lipinski definition) is 2. The molecule has 0 aliphatic heterocycles. The van der Waals surface area contributed by atoms with Crippen LogP contribution in [-0.2, 0) is 16.8 Å². The van der Waals surface area contributed by atoms with Crippen molar-refractivity contribution in [3.05, 3.63) is 48.3 Å². The van der Waals surface area contributed by atoms with Crippen molar-refractivity contribution in [3.63, 3.8) is 0 Å². The summed E-state index contributed by atoms with van der Waals surface area (Å²) in [4.78, 5) is 0. The van der Waals surface area contributed by atoms with Crippen molar-refractivity contribution < 1.29 is 19.4 Å². The molecule has 0 saturated carbocycles. The minimum Gasteiger partial charge on any atom is -0.464 e. The van der Waals surface area contributed by atoms with Gasteiger partial charge in [-0.2, -0.15) is 0 Å². The Morgan fingerprint density at radius 3 is 2.47 bits per heavy atom. The van der Waals surface area contributed by atoms with Crippen molar-refractivity contribution in [2.75, 3.05) is 6.61 Å². The number of rotatable bonds is 6. The molecule has 0 radical (unpaired) electrons. The van der Waals surface area contributed by atoms with Gasteiger partial charge in [0.1, 0.15) is 36.3 Å². The van der Waals surface area contributed by atoms with Gasteiger partial charge in [0.25, 0.3) is 0 Å². The van der Waals surface area contributed by atoms with Gasteiger partial charge in [-0.1, -0.05) is 13.2 Å².